The van der Waals surface area contributed by atoms with Crippen molar-refractivity contribution in [2.45, 2.75) is 38.2 Å². The van der Waals surface area contributed by atoms with Crippen molar-refractivity contribution in [1.29, 1.82) is 0 Å². The van der Waals surface area contributed by atoms with E-state index in [4.69, 9.17) is 4.74 Å². The molecule has 0 spiro atoms. The highest BCUT2D eigenvalue weighted by atomic mass is 79.9. The molecule has 4 heteroatoms. The number of aliphatic hydroxyl groups excluding tert-OH is 1. The van der Waals surface area contributed by atoms with Crippen LogP contribution in [0.3, 0.4) is 0 Å². The summed E-state index contributed by atoms with van der Waals surface area (Å²) in [5.41, 5.74) is 0. The van der Waals surface area contributed by atoms with Crippen LogP contribution in [0.25, 0.3) is 0 Å². The maximum atomic E-state index is 9.86. The van der Waals surface area contributed by atoms with Crippen LogP contribution in [-0.2, 0) is 0 Å². The molecule has 0 bridgehead atoms. The Morgan fingerprint density at radius 3 is 2.65 bits per heavy atom. The Hall–Kier alpha value is -0.580. The average Bonchev–Trinajstić information content (AvgIpc) is 2.96. The number of aliphatic hydroxyl groups is 1. The molecule has 1 unspecified atom stereocenters. The Morgan fingerprint density at radius 2 is 1.95 bits per heavy atom. The van der Waals surface area contributed by atoms with Crippen LogP contribution in [0.2, 0.25) is 0 Å². The minimum absolute atomic E-state index is 0.331. The van der Waals surface area contributed by atoms with Gasteiger partial charge in [0.1, 0.15) is 18.5 Å². The van der Waals surface area contributed by atoms with E-state index in [9.17, 15) is 5.11 Å². The first kappa shape index (κ1) is 15.8. The SMILES string of the molecule is OC(CNCCC1CCCC1)COc1ccc(Br)cc1. The molecule has 0 aromatic heterocycles. The van der Waals surface area contributed by atoms with Gasteiger partial charge in [-0.2, -0.15) is 0 Å². The molecule has 2 N–H and O–H groups in total. The van der Waals surface area contributed by atoms with E-state index in [0.29, 0.717) is 13.2 Å². The lowest BCUT2D eigenvalue weighted by atomic mass is 10.0. The van der Waals surface area contributed by atoms with E-state index in [-0.39, 0.29) is 0 Å². The minimum atomic E-state index is -0.456. The molecule has 2 rings (SSSR count). The molecule has 1 aliphatic carbocycles. The van der Waals surface area contributed by atoms with Gasteiger partial charge in [-0.3, -0.25) is 0 Å². The van der Waals surface area contributed by atoms with Gasteiger partial charge in [-0.25, -0.2) is 0 Å². The summed E-state index contributed by atoms with van der Waals surface area (Å²) in [6, 6.07) is 7.65. The number of benzene rings is 1. The monoisotopic (exact) mass is 341 g/mol. The number of halogens is 1. The maximum Gasteiger partial charge on any atom is 0.119 e. The zero-order valence-corrected chi connectivity index (χ0v) is 13.4. The van der Waals surface area contributed by atoms with E-state index in [0.717, 1.165) is 22.7 Å². The molecule has 3 nitrogen and oxygen atoms in total. The molecule has 0 amide bonds. The largest absolute Gasteiger partial charge is 0.491 e. The van der Waals surface area contributed by atoms with Gasteiger partial charge in [0.25, 0.3) is 0 Å². The van der Waals surface area contributed by atoms with E-state index >= 15 is 0 Å². The average molecular weight is 342 g/mol. The number of ether oxygens (including phenoxy) is 1. The summed E-state index contributed by atoms with van der Waals surface area (Å²) < 4.78 is 6.57. The highest BCUT2D eigenvalue weighted by Gasteiger charge is 2.14. The fourth-order valence-corrected chi connectivity index (χ4v) is 2.92. The van der Waals surface area contributed by atoms with Gasteiger partial charge in [0, 0.05) is 11.0 Å². The van der Waals surface area contributed by atoms with E-state index in [1.807, 2.05) is 24.3 Å². The van der Waals surface area contributed by atoms with Crippen molar-refractivity contribution < 1.29 is 9.84 Å². The van der Waals surface area contributed by atoms with Gasteiger partial charge in [0.05, 0.1) is 0 Å². The Balaban J connectivity index is 1.53. The Bertz CT molecular complexity index is 377. The molecule has 112 valence electrons. The third-order valence-electron chi connectivity index (χ3n) is 3.84. The van der Waals surface area contributed by atoms with Crippen molar-refractivity contribution >= 4 is 15.9 Å². The smallest absolute Gasteiger partial charge is 0.119 e. The van der Waals surface area contributed by atoms with Gasteiger partial charge in [-0.05, 0) is 43.1 Å². The normalized spacial score (nSPS) is 17.3. The zero-order valence-electron chi connectivity index (χ0n) is 11.9. The summed E-state index contributed by atoms with van der Waals surface area (Å²) in [7, 11) is 0. The number of nitrogens with one attached hydrogen (secondary N) is 1. The van der Waals surface area contributed by atoms with E-state index in [2.05, 4.69) is 21.2 Å². The minimum Gasteiger partial charge on any atom is -0.491 e. The van der Waals surface area contributed by atoms with Crippen LogP contribution in [0.4, 0.5) is 0 Å². The quantitative estimate of drug-likeness (QED) is 0.712. The lowest BCUT2D eigenvalue weighted by molar-refractivity contribution is 0.106. The molecule has 1 aromatic rings. The second kappa shape index (κ2) is 8.65. The van der Waals surface area contributed by atoms with Crippen molar-refractivity contribution in [1.82, 2.24) is 5.32 Å². The van der Waals surface area contributed by atoms with Crippen LogP contribution in [-0.4, -0.2) is 30.9 Å². The highest BCUT2D eigenvalue weighted by molar-refractivity contribution is 9.10. The second-order valence-electron chi connectivity index (χ2n) is 5.56. The molecule has 20 heavy (non-hydrogen) atoms. The van der Waals surface area contributed by atoms with Gasteiger partial charge in [0.2, 0.25) is 0 Å². The third kappa shape index (κ3) is 5.81. The Kier molecular flexibility index (Phi) is 6.83. The number of hydrogen-bond donors (Lipinski definition) is 2. The maximum absolute atomic E-state index is 9.86. The highest BCUT2D eigenvalue weighted by Crippen LogP contribution is 2.26. The van der Waals surface area contributed by atoms with Crippen molar-refractivity contribution in [3.63, 3.8) is 0 Å². The van der Waals surface area contributed by atoms with E-state index in [1.54, 1.807) is 0 Å². The summed E-state index contributed by atoms with van der Waals surface area (Å²) in [5, 5.41) is 13.2. The molecule has 1 atom stereocenters. The van der Waals surface area contributed by atoms with Gasteiger partial charge >= 0.3 is 0 Å². The molecule has 0 heterocycles. The summed E-state index contributed by atoms with van der Waals surface area (Å²) >= 11 is 3.38. The molecular weight excluding hydrogens is 318 g/mol. The van der Waals surface area contributed by atoms with Gasteiger partial charge in [0.15, 0.2) is 0 Å². The van der Waals surface area contributed by atoms with E-state index in [1.165, 1.54) is 32.1 Å². The summed E-state index contributed by atoms with van der Waals surface area (Å²) in [4.78, 5) is 0. The molecule has 1 fully saturated rings. The fourth-order valence-electron chi connectivity index (χ4n) is 2.66. The van der Waals surface area contributed by atoms with Crippen LogP contribution in [0.1, 0.15) is 32.1 Å². The molecule has 0 radical (unpaired) electrons. The van der Waals surface area contributed by atoms with Crippen LogP contribution >= 0.6 is 15.9 Å². The number of hydrogen-bond acceptors (Lipinski definition) is 3. The summed E-state index contributed by atoms with van der Waals surface area (Å²) in [6.45, 7) is 1.93. The lowest BCUT2D eigenvalue weighted by Crippen LogP contribution is -2.32. The van der Waals surface area contributed by atoms with Crippen LogP contribution in [0.5, 0.6) is 5.75 Å². The summed E-state index contributed by atoms with van der Waals surface area (Å²) in [6.07, 6.45) is 6.35. The van der Waals surface area contributed by atoms with Crippen LogP contribution in [0.15, 0.2) is 28.7 Å². The number of rotatable bonds is 8. The predicted octanol–water partition coefficient (Wildman–Crippen LogP) is 3.36. The fraction of sp³-hybridized carbons (Fsp3) is 0.625. The molecule has 0 aliphatic heterocycles. The van der Waals surface area contributed by atoms with Crippen LogP contribution in [0, 0.1) is 5.92 Å². The molecular formula is C16H24BrNO2. The van der Waals surface area contributed by atoms with Crippen molar-refractivity contribution in [2.24, 2.45) is 5.92 Å². The third-order valence-corrected chi connectivity index (χ3v) is 4.37. The first-order valence-corrected chi connectivity index (χ1v) is 8.30. The van der Waals surface area contributed by atoms with E-state index < -0.39 is 6.10 Å². The van der Waals surface area contributed by atoms with Gasteiger partial charge in [-0.1, -0.05) is 41.6 Å². The first-order valence-electron chi connectivity index (χ1n) is 7.51. The topological polar surface area (TPSA) is 41.5 Å². The van der Waals surface area contributed by atoms with Crippen LogP contribution < -0.4 is 10.1 Å². The zero-order chi connectivity index (χ0) is 14.2. The summed E-state index contributed by atoms with van der Waals surface area (Å²) in [5.74, 6) is 1.69. The second-order valence-corrected chi connectivity index (χ2v) is 6.48. The lowest BCUT2D eigenvalue weighted by Gasteiger charge is -2.14. The molecule has 1 saturated carbocycles. The standard InChI is InChI=1S/C16H24BrNO2/c17-14-5-7-16(8-6-14)20-12-15(19)11-18-10-9-13-3-1-2-4-13/h5-8,13,15,18-19H,1-4,9-12H2. The van der Waals surface area contributed by atoms with Crippen molar-refractivity contribution in [3.05, 3.63) is 28.7 Å². The Labute approximate surface area is 129 Å². The molecule has 0 saturated heterocycles. The first-order chi connectivity index (χ1) is 9.74. The Morgan fingerprint density at radius 1 is 1.25 bits per heavy atom. The molecule has 1 aliphatic rings. The van der Waals surface area contributed by atoms with Gasteiger partial charge < -0.3 is 15.2 Å². The van der Waals surface area contributed by atoms with Crippen molar-refractivity contribution in [2.75, 3.05) is 19.7 Å². The van der Waals surface area contributed by atoms with Gasteiger partial charge in [-0.15, -0.1) is 0 Å². The van der Waals surface area contributed by atoms with Crippen molar-refractivity contribution in [3.8, 4) is 5.75 Å². The molecule has 1 aromatic carbocycles. The predicted molar refractivity (Wildman–Crippen MR) is 85.1 cm³/mol.